The quantitative estimate of drug-likeness (QED) is 0.485. The van der Waals surface area contributed by atoms with E-state index < -0.39 is 11.7 Å². The number of methoxy groups -OCH3 is 1. The summed E-state index contributed by atoms with van der Waals surface area (Å²) < 4.78 is 43.6. The molecule has 0 amide bonds. The SMILES string of the molecule is COc1ccc2c(c1)CCN(CCc1ccc(-c3ccc(C(F)(F)F)cc3)s1)CC2. The molecule has 0 radical (unpaired) electrons. The highest BCUT2D eigenvalue weighted by Gasteiger charge is 2.30. The van der Waals surface area contributed by atoms with Crippen molar-refractivity contribution < 1.29 is 17.9 Å². The molecule has 4 rings (SSSR count). The van der Waals surface area contributed by atoms with Gasteiger partial charge in [-0.3, -0.25) is 0 Å². The van der Waals surface area contributed by atoms with Gasteiger partial charge >= 0.3 is 6.18 Å². The second-order valence-corrected chi connectivity index (χ2v) is 8.74. The van der Waals surface area contributed by atoms with Gasteiger partial charge in [-0.25, -0.2) is 0 Å². The highest BCUT2D eigenvalue weighted by atomic mass is 32.1. The largest absolute Gasteiger partial charge is 0.497 e. The van der Waals surface area contributed by atoms with Crippen LogP contribution in [-0.4, -0.2) is 31.6 Å². The van der Waals surface area contributed by atoms with Crippen LogP contribution >= 0.6 is 11.3 Å². The van der Waals surface area contributed by atoms with Gasteiger partial charge in [0.2, 0.25) is 0 Å². The number of nitrogens with zero attached hydrogens (tertiary/aromatic N) is 1. The van der Waals surface area contributed by atoms with Crippen molar-refractivity contribution in [2.75, 3.05) is 26.7 Å². The fraction of sp³-hybridized carbons (Fsp3) is 0.333. The van der Waals surface area contributed by atoms with Crippen molar-refractivity contribution in [2.24, 2.45) is 0 Å². The third-order valence-corrected chi connectivity index (χ3v) is 6.84. The van der Waals surface area contributed by atoms with Crippen LogP contribution in [-0.2, 0) is 25.4 Å². The predicted molar refractivity (Wildman–Crippen MR) is 115 cm³/mol. The molecule has 1 aromatic heterocycles. The van der Waals surface area contributed by atoms with Crippen LogP contribution in [0.2, 0.25) is 0 Å². The minimum Gasteiger partial charge on any atom is -0.497 e. The molecule has 0 spiro atoms. The van der Waals surface area contributed by atoms with Gasteiger partial charge in [0.15, 0.2) is 0 Å². The minimum atomic E-state index is -4.29. The van der Waals surface area contributed by atoms with Crippen LogP contribution in [0.5, 0.6) is 5.75 Å². The van der Waals surface area contributed by atoms with Crippen molar-refractivity contribution in [2.45, 2.75) is 25.4 Å². The van der Waals surface area contributed by atoms with Crippen molar-refractivity contribution >= 4 is 11.3 Å². The van der Waals surface area contributed by atoms with E-state index in [4.69, 9.17) is 4.74 Å². The minimum absolute atomic E-state index is 0.609. The molecule has 2 aromatic carbocycles. The molecule has 158 valence electrons. The third-order valence-electron chi connectivity index (χ3n) is 5.64. The molecular formula is C24H24F3NOS. The van der Waals surface area contributed by atoms with Crippen LogP contribution in [0.4, 0.5) is 13.2 Å². The molecule has 30 heavy (non-hydrogen) atoms. The van der Waals surface area contributed by atoms with Crippen molar-refractivity contribution in [3.05, 3.63) is 76.2 Å². The lowest BCUT2D eigenvalue weighted by Crippen LogP contribution is -2.28. The lowest BCUT2D eigenvalue weighted by atomic mass is 10.0. The highest BCUT2D eigenvalue weighted by Crippen LogP contribution is 2.33. The van der Waals surface area contributed by atoms with Gasteiger partial charge in [0.05, 0.1) is 12.7 Å². The van der Waals surface area contributed by atoms with Crippen molar-refractivity contribution in [3.63, 3.8) is 0 Å². The second-order valence-electron chi connectivity index (χ2n) is 7.57. The Hall–Kier alpha value is -2.31. The summed E-state index contributed by atoms with van der Waals surface area (Å²) in [5.41, 5.74) is 3.00. The Morgan fingerprint density at radius 2 is 1.67 bits per heavy atom. The lowest BCUT2D eigenvalue weighted by molar-refractivity contribution is -0.137. The summed E-state index contributed by atoms with van der Waals surface area (Å²) in [6.07, 6.45) is -1.28. The Labute approximate surface area is 178 Å². The average Bonchev–Trinajstić information content (AvgIpc) is 3.12. The van der Waals surface area contributed by atoms with Gasteiger partial charge in [0, 0.05) is 29.4 Å². The Kier molecular flexibility index (Phi) is 6.16. The van der Waals surface area contributed by atoms with Crippen molar-refractivity contribution in [1.29, 1.82) is 0 Å². The number of fused-ring (bicyclic) bond motifs is 1. The summed E-state index contributed by atoms with van der Waals surface area (Å²) in [5.74, 6) is 0.914. The normalized spacial score (nSPS) is 14.9. The number of rotatable bonds is 5. The number of halogens is 3. The van der Waals surface area contributed by atoms with Crippen LogP contribution in [0.3, 0.4) is 0 Å². The van der Waals surface area contributed by atoms with E-state index in [2.05, 4.69) is 23.1 Å². The molecule has 2 nitrogen and oxygen atoms in total. The molecule has 0 bridgehead atoms. The van der Waals surface area contributed by atoms with E-state index in [1.165, 1.54) is 16.0 Å². The number of thiophene rings is 1. The zero-order chi connectivity index (χ0) is 21.1. The topological polar surface area (TPSA) is 12.5 Å². The number of hydrogen-bond acceptors (Lipinski definition) is 3. The average molecular weight is 432 g/mol. The maximum atomic E-state index is 12.7. The van der Waals surface area contributed by atoms with Crippen LogP contribution < -0.4 is 4.74 Å². The summed E-state index contributed by atoms with van der Waals surface area (Å²) >= 11 is 1.66. The van der Waals surface area contributed by atoms with Gasteiger partial charge in [-0.05, 0) is 72.4 Å². The first-order valence-corrected chi connectivity index (χ1v) is 10.9. The smallest absolute Gasteiger partial charge is 0.416 e. The molecule has 6 heteroatoms. The summed E-state index contributed by atoms with van der Waals surface area (Å²) in [6.45, 7) is 3.05. The zero-order valence-corrected chi connectivity index (χ0v) is 17.7. The first-order chi connectivity index (χ1) is 14.4. The molecule has 0 saturated carbocycles. The lowest BCUT2D eigenvalue weighted by Gasteiger charge is -2.19. The number of benzene rings is 2. The molecule has 0 fully saturated rings. The molecule has 1 aliphatic rings. The number of alkyl halides is 3. The van der Waals surface area contributed by atoms with Gasteiger partial charge < -0.3 is 9.64 Å². The summed E-state index contributed by atoms with van der Waals surface area (Å²) in [6, 6.07) is 15.9. The Bertz CT molecular complexity index is 994. The Morgan fingerprint density at radius 1 is 0.933 bits per heavy atom. The van der Waals surface area contributed by atoms with Crippen LogP contribution in [0, 0.1) is 0 Å². The van der Waals surface area contributed by atoms with E-state index in [1.807, 2.05) is 12.1 Å². The van der Waals surface area contributed by atoms with Gasteiger partial charge in [-0.1, -0.05) is 18.2 Å². The van der Waals surface area contributed by atoms with Gasteiger partial charge in [-0.2, -0.15) is 13.2 Å². The molecule has 0 aliphatic carbocycles. The standard InChI is InChI=1S/C24H24F3NOS/c1-29-21-7-4-17-10-13-28(14-11-19(17)16-21)15-12-22-8-9-23(30-22)18-2-5-20(6-3-18)24(25,26)27/h2-9,16H,10-15H2,1H3. The molecule has 1 aliphatic heterocycles. The Morgan fingerprint density at radius 3 is 2.37 bits per heavy atom. The molecule has 0 N–H and O–H groups in total. The van der Waals surface area contributed by atoms with Gasteiger partial charge in [-0.15, -0.1) is 11.3 Å². The second kappa shape index (κ2) is 8.82. The molecular weight excluding hydrogens is 407 g/mol. The van der Waals surface area contributed by atoms with E-state index in [9.17, 15) is 13.2 Å². The summed E-state index contributed by atoms with van der Waals surface area (Å²) in [4.78, 5) is 4.76. The van der Waals surface area contributed by atoms with Crippen molar-refractivity contribution in [1.82, 2.24) is 4.90 Å². The molecule has 3 aromatic rings. The monoisotopic (exact) mass is 431 g/mol. The summed E-state index contributed by atoms with van der Waals surface area (Å²) in [5, 5.41) is 0. The Balaban J connectivity index is 1.35. The van der Waals surface area contributed by atoms with E-state index >= 15 is 0 Å². The highest BCUT2D eigenvalue weighted by molar-refractivity contribution is 7.15. The van der Waals surface area contributed by atoms with Crippen LogP contribution in [0.1, 0.15) is 21.6 Å². The van der Waals surface area contributed by atoms with E-state index in [1.54, 1.807) is 30.6 Å². The van der Waals surface area contributed by atoms with E-state index in [0.29, 0.717) is 0 Å². The van der Waals surface area contributed by atoms with E-state index in [0.717, 1.165) is 67.2 Å². The fourth-order valence-corrected chi connectivity index (χ4v) is 4.86. The van der Waals surface area contributed by atoms with Gasteiger partial charge in [0.1, 0.15) is 5.75 Å². The summed E-state index contributed by atoms with van der Waals surface area (Å²) in [7, 11) is 1.70. The number of hydrogen-bond donors (Lipinski definition) is 0. The van der Waals surface area contributed by atoms with Crippen LogP contribution in [0.25, 0.3) is 10.4 Å². The maximum absolute atomic E-state index is 12.7. The molecule has 2 heterocycles. The fourth-order valence-electron chi connectivity index (χ4n) is 3.86. The predicted octanol–water partition coefficient (Wildman–Crippen LogP) is 6.09. The molecule has 0 atom stereocenters. The first kappa shape index (κ1) is 20.9. The third kappa shape index (κ3) is 4.87. The maximum Gasteiger partial charge on any atom is 0.416 e. The molecule has 0 saturated heterocycles. The zero-order valence-electron chi connectivity index (χ0n) is 16.8. The van der Waals surface area contributed by atoms with Crippen LogP contribution in [0.15, 0.2) is 54.6 Å². The number of ether oxygens (including phenoxy) is 1. The van der Waals surface area contributed by atoms with Gasteiger partial charge in [0.25, 0.3) is 0 Å². The van der Waals surface area contributed by atoms with E-state index in [-0.39, 0.29) is 0 Å². The first-order valence-electron chi connectivity index (χ1n) is 10.1. The van der Waals surface area contributed by atoms with Crippen molar-refractivity contribution in [3.8, 4) is 16.2 Å². The molecule has 0 unspecified atom stereocenters.